The van der Waals surface area contributed by atoms with Crippen LogP contribution >= 0.6 is 46.6 Å². The zero-order chi connectivity index (χ0) is 19.4. The molecule has 2 aromatic rings. The first-order valence-corrected chi connectivity index (χ1v) is 10.6. The molecule has 0 atom stereocenters. The number of benzene rings is 2. The normalized spacial score (nSPS) is 15.5. The average molecular weight is 508 g/mol. The van der Waals surface area contributed by atoms with E-state index in [2.05, 4.69) is 27.9 Å². The first-order chi connectivity index (χ1) is 12.9. The Morgan fingerprint density at radius 1 is 1.26 bits per heavy atom. The van der Waals surface area contributed by atoms with Crippen LogP contribution < -0.4 is 5.32 Å². The molecule has 0 bridgehead atoms. The lowest BCUT2D eigenvalue weighted by Gasteiger charge is -2.14. The number of carbonyl (C=O) groups excluding carboxylic acids is 2. The molecule has 27 heavy (non-hydrogen) atoms. The van der Waals surface area contributed by atoms with Crippen LogP contribution in [0.3, 0.4) is 0 Å². The third-order valence-electron chi connectivity index (χ3n) is 3.92. The number of rotatable bonds is 5. The van der Waals surface area contributed by atoms with Crippen LogP contribution in [0.4, 0.5) is 5.69 Å². The Balaban J connectivity index is 1.60. The molecule has 1 saturated heterocycles. The first kappa shape index (κ1) is 20.0. The average Bonchev–Trinajstić information content (AvgIpc) is 2.88. The number of thioether (sulfide) groups is 1. The summed E-state index contributed by atoms with van der Waals surface area (Å²) in [6, 6.07) is 15.5. The van der Waals surface area contributed by atoms with Gasteiger partial charge in [-0.05, 0) is 59.4 Å². The predicted octanol–water partition coefficient (Wildman–Crippen LogP) is 4.83. The minimum Gasteiger partial charge on any atom is -0.326 e. The molecule has 138 valence electrons. The molecule has 3 rings (SSSR count). The molecule has 2 aromatic carbocycles. The Bertz CT molecular complexity index is 926. The van der Waals surface area contributed by atoms with Crippen molar-refractivity contribution >= 4 is 74.5 Å². The van der Waals surface area contributed by atoms with Crippen LogP contribution in [0.5, 0.6) is 0 Å². The summed E-state index contributed by atoms with van der Waals surface area (Å²) in [5.41, 5.74) is 2.87. The third kappa shape index (κ3) is 5.40. The minimum absolute atomic E-state index is 0.145. The second-order valence-electron chi connectivity index (χ2n) is 6.05. The van der Waals surface area contributed by atoms with Gasteiger partial charge in [0.15, 0.2) is 0 Å². The summed E-state index contributed by atoms with van der Waals surface area (Å²) in [6.07, 6.45) is 2.03. The smallest absolute Gasteiger partial charge is 0.266 e. The highest BCUT2D eigenvalue weighted by Gasteiger charge is 2.32. The Morgan fingerprint density at radius 3 is 2.70 bits per heavy atom. The number of aryl methyl sites for hydroxylation is 1. The molecule has 2 amide bonds. The van der Waals surface area contributed by atoms with Gasteiger partial charge in [-0.3, -0.25) is 14.5 Å². The fraction of sp³-hybridized carbons (Fsp3) is 0.150. The summed E-state index contributed by atoms with van der Waals surface area (Å²) in [5.74, 6) is -0.291. The second-order valence-corrected chi connectivity index (χ2v) is 8.97. The molecule has 0 aliphatic carbocycles. The lowest BCUT2D eigenvalue weighted by molar-refractivity contribution is -0.122. The van der Waals surface area contributed by atoms with E-state index in [1.54, 1.807) is 0 Å². The Labute approximate surface area is 181 Å². The fourth-order valence-electron chi connectivity index (χ4n) is 2.51. The van der Waals surface area contributed by atoms with Crippen molar-refractivity contribution in [1.82, 2.24) is 4.90 Å². The van der Waals surface area contributed by atoms with Gasteiger partial charge in [0, 0.05) is 22.2 Å². The van der Waals surface area contributed by atoms with Crippen molar-refractivity contribution in [3.8, 4) is 0 Å². The van der Waals surface area contributed by atoms with Crippen molar-refractivity contribution in [2.75, 3.05) is 11.9 Å². The number of anilines is 1. The Morgan fingerprint density at radius 2 is 2.00 bits per heavy atom. The van der Waals surface area contributed by atoms with Crippen molar-refractivity contribution in [3.05, 3.63) is 68.1 Å². The summed E-state index contributed by atoms with van der Waals surface area (Å²) in [6.45, 7) is 2.29. The zero-order valence-corrected chi connectivity index (χ0v) is 18.4. The molecule has 4 nitrogen and oxygen atoms in total. The second kappa shape index (κ2) is 8.99. The van der Waals surface area contributed by atoms with E-state index in [-0.39, 0.29) is 24.8 Å². The van der Waals surface area contributed by atoms with Gasteiger partial charge in [0.25, 0.3) is 5.91 Å². The molecule has 0 aromatic heterocycles. The molecule has 1 aliphatic rings. The molecule has 1 N–H and O–H groups in total. The number of amides is 2. The maximum Gasteiger partial charge on any atom is 0.266 e. The van der Waals surface area contributed by atoms with Gasteiger partial charge in [0.2, 0.25) is 5.91 Å². The lowest BCUT2D eigenvalue weighted by Crippen LogP contribution is -2.31. The van der Waals surface area contributed by atoms with Crippen molar-refractivity contribution in [2.24, 2.45) is 0 Å². The monoisotopic (exact) mass is 508 g/mol. The van der Waals surface area contributed by atoms with Gasteiger partial charge < -0.3 is 5.32 Å². The summed E-state index contributed by atoms with van der Waals surface area (Å²) in [5, 5.41) is 2.85. The number of hydrogen-bond donors (Lipinski definition) is 1. The van der Waals surface area contributed by atoms with Crippen LogP contribution in [0.2, 0.25) is 0 Å². The van der Waals surface area contributed by atoms with E-state index in [1.807, 2.05) is 61.5 Å². The van der Waals surface area contributed by atoms with Crippen LogP contribution in [0.1, 0.15) is 17.5 Å². The van der Waals surface area contributed by atoms with Crippen LogP contribution in [0.15, 0.2) is 53.4 Å². The predicted molar refractivity (Wildman–Crippen MR) is 123 cm³/mol. The van der Waals surface area contributed by atoms with Crippen LogP contribution in [-0.4, -0.2) is 27.6 Å². The molecule has 0 unspecified atom stereocenters. The van der Waals surface area contributed by atoms with E-state index in [0.717, 1.165) is 14.8 Å². The van der Waals surface area contributed by atoms with E-state index < -0.39 is 0 Å². The fourth-order valence-corrected chi connectivity index (χ4v) is 4.36. The van der Waals surface area contributed by atoms with Crippen molar-refractivity contribution in [1.29, 1.82) is 0 Å². The van der Waals surface area contributed by atoms with Gasteiger partial charge in [-0.1, -0.05) is 59.9 Å². The van der Waals surface area contributed by atoms with E-state index >= 15 is 0 Å². The molecule has 0 saturated carbocycles. The Hall–Kier alpha value is -1.71. The number of nitrogens with one attached hydrogen (secondary N) is 1. The molecule has 1 heterocycles. The maximum absolute atomic E-state index is 12.6. The molecule has 1 fully saturated rings. The summed E-state index contributed by atoms with van der Waals surface area (Å²) < 4.78 is 1.53. The number of hydrogen-bond acceptors (Lipinski definition) is 4. The van der Waals surface area contributed by atoms with E-state index in [4.69, 9.17) is 12.2 Å². The molecule has 7 heteroatoms. The van der Waals surface area contributed by atoms with Gasteiger partial charge in [-0.15, -0.1) is 0 Å². The molecule has 0 radical (unpaired) electrons. The van der Waals surface area contributed by atoms with Gasteiger partial charge in [-0.2, -0.15) is 0 Å². The van der Waals surface area contributed by atoms with Crippen LogP contribution in [0, 0.1) is 10.5 Å². The highest BCUT2D eigenvalue weighted by Crippen LogP contribution is 2.32. The number of halogens is 1. The van der Waals surface area contributed by atoms with Gasteiger partial charge in [0.05, 0.1) is 4.91 Å². The lowest BCUT2D eigenvalue weighted by atomic mass is 10.1. The van der Waals surface area contributed by atoms with Crippen molar-refractivity contribution in [3.63, 3.8) is 0 Å². The van der Waals surface area contributed by atoms with Gasteiger partial charge in [0.1, 0.15) is 4.32 Å². The maximum atomic E-state index is 12.6. The van der Waals surface area contributed by atoms with Crippen molar-refractivity contribution < 1.29 is 9.59 Å². The van der Waals surface area contributed by atoms with E-state index in [0.29, 0.717) is 9.23 Å². The Kier molecular flexibility index (Phi) is 6.67. The third-order valence-corrected chi connectivity index (χ3v) is 5.97. The summed E-state index contributed by atoms with van der Waals surface area (Å²) in [7, 11) is 0. The topological polar surface area (TPSA) is 49.4 Å². The highest BCUT2D eigenvalue weighted by atomic mass is 127. The van der Waals surface area contributed by atoms with Gasteiger partial charge in [-0.25, -0.2) is 0 Å². The number of thiocarbonyl (C=S) groups is 1. The van der Waals surface area contributed by atoms with Crippen LogP contribution in [-0.2, 0) is 9.59 Å². The largest absolute Gasteiger partial charge is 0.326 e. The molecule has 0 spiro atoms. The van der Waals surface area contributed by atoms with E-state index in [1.165, 1.54) is 22.2 Å². The zero-order valence-electron chi connectivity index (χ0n) is 14.6. The molecular weight excluding hydrogens is 491 g/mol. The minimum atomic E-state index is -0.146. The number of carbonyl (C=O) groups is 2. The van der Waals surface area contributed by atoms with E-state index in [9.17, 15) is 9.59 Å². The van der Waals surface area contributed by atoms with Gasteiger partial charge >= 0.3 is 0 Å². The first-order valence-electron chi connectivity index (χ1n) is 8.30. The highest BCUT2D eigenvalue weighted by molar-refractivity contribution is 14.1. The summed E-state index contributed by atoms with van der Waals surface area (Å²) in [4.78, 5) is 26.9. The SMILES string of the molecule is Cc1ccc(/C=C2\SC(=S)N(CCC(=O)Nc3cccc(I)c3)C2=O)cc1. The van der Waals surface area contributed by atoms with Crippen molar-refractivity contribution in [2.45, 2.75) is 13.3 Å². The quantitative estimate of drug-likeness (QED) is 0.357. The van der Waals surface area contributed by atoms with Crippen LogP contribution in [0.25, 0.3) is 6.08 Å². The number of nitrogens with zero attached hydrogens (tertiary/aromatic N) is 1. The molecular formula is C20H17IN2O2S2. The molecule has 1 aliphatic heterocycles. The standard InChI is InChI=1S/C20H17IN2O2S2/c1-13-5-7-14(8-6-13)11-17-19(25)23(20(26)27-17)10-9-18(24)22-16-4-2-3-15(21)12-16/h2-8,11-12H,9-10H2,1H3,(H,22,24)/b17-11-. The summed E-state index contributed by atoms with van der Waals surface area (Å²) >= 11 is 8.79.